The molecule has 0 saturated heterocycles. The number of nitrogens with one attached hydrogen (secondary N) is 1. The lowest BCUT2D eigenvalue weighted by atomic mass is 10.0. The molecule has 0 bridgehead atoms. The van der Waals surface area contributed by atoms with E-state index in [4.69, 9.17) is 10.2 Å². The Bertz CT molecular complexity index is 453. The highest BCUT2D eigenvalue weighted by molar-refractivity contribution is 5.83. The van der Waals surface area contributed by atoms with Crippen molar-refractivity contribution in [3.05, 3.63) is 0 Å². The normalized spacial score (nSPS) is 13.0. The van der Waals surface area contributed by atoms with Crippen molar-refractivity contribution >= 4 is 17.8 Å². The lowest BCUT2D eigenvalue weighted by Gasteiger charge is -2.15. The van der Waals surface area contributed by atoms with Crippen molar-refractivity contribution < 1.29 is 29.7 Å². The van der Waals surface area contributed by atoms with Gasteiger partial charge in [0.2, 0.25) is 5.91 Å². The number of carboxylic acid groups (broad SMARTS) is 2. The van der Waals surface area contributed by atoms with Gasteiger partial charge in [0.1, 0.15) is 6.04 Å². The standard InChI is InChI=1S/C22H41NO6/c1-18(24)16-17-19(22(28)29)23-20(25)14-12-10-8-6-4-2-3-5-7-9-11-13-15-21(26)27/h18-19,24H,2-17H2,1H3,(H,23,25)(H,26,27)(H,28,29). The molecule has 0 aliphatic carbocycles. The summed E-state index contributed by atoms with van der Waals surface area (Å²) in [6.07, 6.45) is 13.6. The van der Waals surface area contributed by atoms with Crippen molar-refractivity contribution in [1.29, 1.82) is 0 Å². The summed E-state index contributed by atoms with van der Waals surface area (Å²) in [4.78, 5) is 33.4. The van der Waals surface area contributed by atoms with Gasteiger partial charge in [0.15, 0.2) is 0 Å². The molecular weight excluding hydrogens is 374 g/mol. The molecule has 2 atom stereocenters. The summed E-state index contributed by atoms with van der Waals surface area (Å²) in [6.45, 7) is 1.60. The predicted molar refractivity (Wildman–Crippen MR) is 113 cm³/mol. The van der Waals surface area contributed by atoms with Gasteiger partial charge in [0.25, 0.3) is 0 Å². The van der Waals surface area contributed by atoms with E-state index in [1.54, 1.807) is 6.92 Å². The third-order valence-corrected chi connectivity index (χ3v) is 5.05. The third kappa shape index (κ3) is 19.5. The first-order valence-electron chi connectivity index (χ1n) is 11.2. The molecule has 0 aliphatic heterocycles. The first kappa shape index (κ1) is 27.4. The Hall–Kier alpha value is -1.63. The quantitative estimate of drug-likeness (QED) is 0.220. The third-order valence-electron chi connectivity index (χ3n) is 5.05. The van der Waals surface area contributed by atoms with Crippen LogP contribution in [0.15, 0.2) is 0 Å². The van der Waals surface area contributed by atoms with E-state index in [2.05, 4.69) is 5.32 Å². The number of aliphatic carboxylic acids is 2. The van der Waals surface area contributed by atoms with Gasteiger partial charge in [-0.05, 0) is 32.6 Å². The monoisotopic (exact) mass is 415 g/mol. The highest BCUT2D eigenvalue weighted by Crippen LogP contribution is 2.13. The molecule has 0 aromatic carbocycles. The van der Waals surface area contributed by atoms with E-state index in [-0.39, 0.29) is 18.7 Å². The molecule has 0 heterocycles. The van der Waals surface area contributed by atoms with E-state index in [0.29, 0.717) is 12.8 Å². The second-order valence-electron chi connectivity index (χ2n) is 8.02. The lowest BCUT2D eigenvalue weighted by Crippen LogP contribution is -2.41. The topological polar surface area (TPSA) is 124 Å². The molecule has 0 rings (SSSR count). The zero-order valence-electron chi connectivity index (χ0n) is 18.0. The number of carboxylic acids is 2. The van der Waals surface area contributed by atoms with E-state index >= 15 is 0 Å². The molecule has 0 radical (unpaired) electrons. The number of carbonyl (C=O) groups is 3. The molecular formula is C22H41NO6. The van der Waals surface area contributed by atoms with Crippen LogP contribution in [-0.2, 0) is 14.4 Å². The van der Waals surface area contributed by atoms with Gasteiger partial charge in [-0.2, -0.15) is 0 Å². The van der Waals surface area contributed by atoms with Gasteiger partial charge in [-0.3, -0.25) is 9.59 Å². The van der Waals surface area contributed by atoms with Gasteiger partial charge < -0.3 is 20.6 Å². The van der Waals surface area contributed by atoms with Gasteiger partial charge in [0.05, 0.1) is 6.10 Å². The molecule has 1 amide bonds. The number of aliphatic hydroxyl groups is 1. The molecule has 7 nitrogen and oxygen atoms in total. The predicted octanol–water partition coefficient (Wildman–Crippen LogP) is 4.26. The van der Waals surface area contributed by atoms with Crippen LogP contribution in [0.4, 0.5) is 0 Å². The fourth-order valence-corrected chi connectivity index (χ4v) is 3.26. The molecule has 0 fully saturated rings. The molecule has 4 N–H and O–H groups in total. The average Bonchev–Trinajstić information content (AvgIpc) is 2.64. The second kappa shape index (κ2) is 18.4. The van der Waals surface area contributed by atoms with Gasteiger partial charge in [0, 0.05) is 12.8 Å². The Balaban J connectivity index is 3.47. The van der Waals surface area contributed by atoms with Crippen molar-refractivity contribution in [1.82, 2.24) is 5.32 Å². The fraction of sp³-hybridized carbons (Fsp3) is 0.864. The van der Waals surface area contributed by atoms with Gasteiger partial charge >= 0.3 is 11.9 Å². The molecule has 7 heteroatoms. The second-order valence-corrected chi connectivity index (χ2v) is 8.02. The maximum absolute atomic E-state index is 11.9. The van der Waals surface area contributed by atoms with E-state index < -0.39 is 24.1 Å². The minimum atomic E-state index is -1.06. The van der Waals surface area contributed by atoms with Crippen molar-refractivity contribution in [2.75, 3.05) is 0 Å². The van der Waals surface area contributed by atoms with Crippen molar-refractivity contribution in [3.8, 4) is 0 Å². The van der Waals surface area contributed by atoms with E-state index in [9.17, 15) is 19.5 Å². The van der Waals surface area contributed by atoms with Crippen molar-refractivity contribution in [2.24, 2.45) is 0 Å². The number of amides is 1. The largest absolute Gasteiger partial charge is 0.481 e. The molecule has 170 valence electrons. The van der Waals surface area contributed by atoms with Gasteiger partial charge in [-0.25, -0.2) is 4.79 Å². The van der Waals surface area contributed by atoms with Crippen LogP contribution >= 0.6 is 0 Å². The first-order chi connectivity index (χ1) is 13.8. The minimum Gasteiger partial charge on any atom is -0.481 e. The Morgan fingerprint density at radius 1 is 0.690 bits per heavy atom. The van der Waals surface area contributed by atoms with Crippen LogP contribution in [0.3, 0.4) is 0 Å². The first-order valence-corrected chi connectivity index (χ1v) is 11.2. The summed E-state index contributed by atoms with van der Waals surface area (Å²) in [5, 5.41) is 29.5. The molecule has 0 aliphatic rings. The van der Waals surface area contributed by atoms with E-state index in [1.165, 1.54) is 32.1 Å². The molecule has 0 aromatic rings. The Labute approximate surface area is 175 Å². The maximum Gasteiger partial charge on any atom is 0.326 e. The van der Waals surface area contributed by atoms with E-state index in [1.807, 2.05) is 0 Å². The average molecular weight is 416 g/mol. The summed E-state index contributed by atoms with van der Waals surface area (Å²) >= 11 is 0. The van der Waals surface area contributed by atoms with Crippen LogP contribution in [0.25, 0.3) is 0 Å². The zero-order chi connectivity index (χ0) is 21.9. The smallest absolute Gasteiger partial charge is 0.326 e. The molecule has 0 spiro atoms. The van der Waals surface area contributed by atoms with Crippen LogP contribution in [0, 0.1) is 0 Å². The van der Waals surface area contributed by atoms with Crippen molar-refractivity contribution in [3.63, 3.8) is 0 Å². The molecule has 0 aromatic heterocycles. The Morgan fingerprint density at radius 3 is 1.48 bits per heavy atom. The summed E-state index contributed by atoms with van der Waals surface area (Å²) in [5.74, 6) is -1.99. The van der Waals surface area contributed by atoms with Crippen LogP contribution in [0.5, 0.6) is 0 Å². The SMILES string of the molecule is CC(O)CCC(NC(=O)CCCCCCCCCCCCCCC(=O)O)C(=O)O. The lowest BCUT2D eigenvalue weighted by molar-refractivity contribution is -0.142. The van der Waals surface area contributed by atoms with Gasteiger partial charge in [-0.1, -0.05) is 64.2 Å². The van der Waals surface area contributed by atoms with Crippen molar-refractivity contribution in [2.45, 2.75) is 122 Å². The number of unbranched alkanes of at least 4 members (excludes halogenated alkanes) is 11. The maximum atomic E-state index is 11.9. The highest BCUT2D eigenvalue weighted by atomic mass is 16.4. The fourth-order valence-electron chi connectivity index (χ4n) is 3.26. The number of hydrogen-bond acceptors (Lipinski definition) is 4. The van der Waals surface area contributed by atoms with Crippen LogP contribution < -0.4 is 5.32 Å². The molecule has 0 saturated carbocycles. The summed E-state index contributed by atoms with van der Waals surface area (Å²) in [7, 11) is 0. The summed E-state index contributed by atoms with van der Waals surface area (Å²) in [5.41, 5.74) is 0. The summed E-state index contributed by atoms with van der Waals surface area (Å²) < 4.78 is 0. The zero-order valence-corrected chi connectivity index (χ0v) is 18.0. The Kier molecular flexibility index (Phi) is 17.4. The molecule has 29 heavy (non-hydrogen) atoms. The number of hydrogen-bond donors (Lipinski definition) is 4. The highest BCUT2D eigenvalue weighted by Gasteiger charge is 2.19. The minimum absolute atomic E-state index is 0.230. The summed E-state index contributed by atoms with van der Waals surface area (Å²) in [6, 6.07) is -0.922. The number of carbonyl (C=O) groups excluding carboxylic acids is 1. The van der Waals surface area contributed by atoms with Crippen LogP contribution in [-0.4, -0.2) is 45.3 Å². The van der Waals surface area contributed by atoms with Gasteiger partial charge in [-0.15, -0.1) is 0 Å². The Morgan fingerprint density at radius 2 is 1.10 bits per heavy atom. The molecule has 2 unspecified atom stereocenters. The number of aliphatic hydroxyl groups excluding tert-OH is 1. The van der Waals surface area contributed by atoms with Crippen LogP contribution in [0.2, 0.25) is 0 Å². The number of rotatable bonds is 20. The van der Waals surface area contributed by atoms with Crippen LogP contribution in [0.1, 0.15) is 110 Å². The van der Waals surface area contributed by atoms with E-state index in [0.717, 1.165) is 44.9 Å².